The Balaban J connectivity index is 1.38. The van der Waals surface area contributed by atoms with E-state index in [1.165, 1.54) is 5.56 Å². The first-order chi connectivity index (χ1) is 15.5. The minimum Gasteiger partial charge on any atom is -0.355 e. The number of nitrogens with zero attached hydrogens (tertiary/aromatic N) is 1. The summed E-state index contributed by atoms with van der Waals surface area (Å²) >= 11 is 0. The van der Waals surface area contributed by atoms with E-state index in [9.17, 15) is 9.59 Å². The van der Waals surface area contributed by atoms with Crippen LogP contribution in [0.15, 0.2) is 72.8 Å². The van der Waals surface area contributed by atoms with Gasteiger partial charge < -0.3 is 15.5 Å². The molecule has 0 spiro atoms. The van der Waals surface area contributed by atoms with Crippen LogP contribution in [0.5, 0.6) is 0 Å². The highest BCUT2D eigenvalue weighted by Crippen LogP contribution is 2.25. The van der Waals surface area contributed by atoms with Crippen LogP contribution in [0, 0.1) is 19.8 Å². The van der Waals surface area contributed by atoms with Crippen LogP contribution < -0.4 is 10.6 Å². The Bertz CT molecular complexity index is 1110. The SMILES string of the molecule is Cc1cccc(Nc2ccccc2C(=O)NCC2CC(=O)N(Cc3ccccc3)C2)c1C. The van der Waals surface area contributed by atoms with E-state index in [0.29, 0.717) is 31.6 Å². The molecule has 1 aliphatic rings. The lowest BCUT2D eigenvalue weighted by Gasteiger charge is -2.18. The maximum Gasteiger partial charge on any atom is 0.253 e. The fourth-order valence-electron chi connectivity index (χ4n) is 4.10. The number of amides is 2. The third kappa shape index (κ3) is 4.99. The van der Waals surface area contributed by atoms with Crippen LogP contribution in [-0.4, -0.2) is 29.8 Å². The molecule has 1 saturated heterocycles. The second-order valence-corrected chi connectivity index (χ2v) is 8.46. The second-order valence-electron chi connectivity index (χ2n) is 8.46. The van der Waals surface area contributed by atoms with Gasteiger partial charge in [0.25, 0.3) is 5.91 Å². The summed E-state index contributed by atoms with van der Waals surface area (Å²) in [5.41, 5.74) is 5.83. The van der Waals surface area contributed by atoms with Gasteiger partial charge in [-0.3, -0.25) is 9.59 Å². The van der Waals surface area contributed by atoms with Crippen molar-refractivity contribution >= 4 is 23.2 Å². The third-order valence-corrected chi connectivity index (χ3v) is 6.11. The Labute approximate surface area is 189 Å². The summed E-state index contributed by atoms with van der Waals surface area (Å²) in [4.78, 5) is 27.3. The number of carbonyl (C=O) groups is 2. The van der Waals surface area contributed by atoms with Crippen LogP contribution in [0.3, 0.4) is 0 Å². The highest BCUT2D eigenvalue weighted by molar-refractivity contribution is 6.00. The van der Waals surface area contributed by atoms with Crippen LogP contribution in [-0.2, 0) is 11.3 Å². The van der Waals surface area contributed by atoms with Gasteiger partial charge in [-0.15, -0.1) is 0 Å². The second kappa shape index (κ2) is 9.69. The first-order valence-electron chi connectivity index (χ1n) is 11.0. The summed E-state index contributed by atoms with van der Waals surface area (Å²) in [5, 5.41) is 6.45. The maximum absolute atomic E-state index is 13.0. The minimum absolute atomic E-state index is 0.120. The fraction of sp³-hybridized carbons (Fsp3) is 0.259. The van der Waals surface area contributed by atoms with Gasteiger partial charge in [0.15, 0.2) is 0 Å². The molecule has 1 atom stereocenters. The van der Waals surface area contributed by atoms with Gasteiger partial charge in [-0.1, -0.05) is 54.6 Å². The molecule has 5 nitrogen and oxygen atoms in total. The van der Waals surface area contributed by atoms with Crippen molar-refractivity contribution in [1.82, 2.24) is 10.2 Å². The van der Waals surface area contributed by atoms with E-state index in [2.05, 4.69) is 30.5 Å². The van der Waals surface area contributed by atoms with Crippen molar-refractivity contribution in [1.29, 1.82) is 0 Å². The van der Waals surface area contributed by atoms with E-state index < -0.39 is 0 Å². The number of benzene rings is 3. The number of nitrogens with one attached hydrogen (secondary N) is 2. The number of carbonyl (C=O) groups excluding carboxylic acids is 2. The molecule has 0 saturated carbocycles. The Morgan fingerprint density at radius 2 is 1.66 bits per heavy atom. The van der Waals surface area contributed by atoms with Crippen LogP contribution in [0.25, 0.3) is 0 Å². The van der Waals surface area contributed by atoms with Crippen LogP contribution >= 0.6 is 0 Å². The molecule has 164 valence electrons. The topological polar surface area (TPSA) is 61.4 Å². The molecule has 0 bridgehead atoms. The standard InChI is InChI=1S/C27H29N3O2/c1-19-9-8-14-24(20(19)2)29-25-13-7-6-12-23(25)27(32)28-16-22-15-26(31)30(18-22)17-21-10-4-3-5-11-21/h3-14,22,29H,15-18H2,1-2H3,(H,28,32). The summed E-state index contributed by atoms with van der Waals surface area (Å²) < 4.78 is 0. The highest BCUT2D eigenvalue weighted by Gasteiger charge is 2.29. The molecule has 1 unspecified atom stereocenters. The zero-order valence-corrected chi connectivity index (χ0v) is 18.6. The van der Waals surface area contributed by atoms with Crippen molar-refractivity contribution in [3.05, 3.63) is 95.1 Å². The maximum atomic E-state index is 13.0. The van der Waals surface area contributed by atoms with Crippen molar-refractivity contribution < 1.29 is 9.59 Å². The number of hydrogen-bond acceptors (Lipinski definition) is 3. The molecule has 1 fully saturated rings. The Hall–Kier alpha value is -3.60. The predicted molar refractivity (Wildman–Crippen MR) is 128 cm³/mol. The lowest BCUT2D eigenvalue weighted by atomic mass is 10.1. The summed E-state index contributed by atoms with van der Waals surface area (Å²) in [6.07, 6.45) is 0.468. The van der Waals surface area contributed by atoms with Crippen molar-refractivity contribution in [2.24, 2.45) is 5.92 Å². The largest absolute Gasteiger partial charge is 0.355 e. The van der Waals surface area contributed by atoms with Crippen molar-refractivity contribution in [2.75, 3.05) is 18.4 Å². The van der Waals surface area contributed by atoms with Gasteiger partial charge in [0, 0.05) is 37.7 Å². The number of rotatable bonds is 7. The van der Waals surface area contributed by atoms with Crippen LogP contribution in [0.1, 0.15) is 33.5 Å². The normalized spacial score (nSPS) is 15.6. The molecule has 32 heavy (non-hydrogen) atoms. The van der Waals surface area contributed by atoms with E-state index in [1.54, 1.807) is 0 Å². The molecule has 3 aromatic carbocycles. The monoisotopic (exact) mass is 427 g/mol. The number of anilines is 2. The molecule has 3 aromatic rings. The fourth-order valence-corrected chi connectivity index (χ4v) is 4.10. The van der Waals surface area contributed by atoms with Crippen molar-refractivity contribution in [2.45, 2.75) is 26.8 Å². The van der Waals surface area contributed by atoms with E-state index in [1.807, 2.05) is 71.6 Å². The summed E-state index contributed by atoms with van der Waals surface area (Å²) in [5.74, 6) is 0.131. The molecule has 4 rings (SSSR count). The molecule has 2 amide bonds. The summed E-state index contributed by atoms with van der Waals surface area (Å²) in [6, 6.07) is 23.6. The van der Waals surface area contributed by atoms with Crippen molar-refractivity contribution in [3.63, 3.8) is 0 Å². The predicted octanol–water partition coefficient (Wildman–Crippen LogP) is 4.83. The van der Waals surface area contributed by atoms with E-state index in [-0.39, 0.29) is 17.7 Å². The van der Waals surface area contributed by atoms with Gasteiger partial charge in [0.05, 0.1) is 11.3 Å². The molecule has 0 radical (unpaired) electrons. The van der Waals surface area contributed by atoms with E-state index >= 15 is 0 Å². The number of para-hydroxylation sites is 1. The van der Waals surface area contributed by atoms with Gasteiger partial charge in [-0.05, 0) is 48.7 Å². The average molecular weight is 428 g/mol. The van der Waals surface area contributed by atoms with E-state index in [0.717, 1.165) is 22.5 Å². The molecule has 1 heterocycles. The molecule has 0 aliphatic carbocycles. The average Bonchev–Trinajstić information content (AvgIpc) is 3.15. The molecular formula is C27H29N3O2. The number of hydrogen-bond donors (Lipinski definition) is 2. The summed E-state index contributed by atoms with van der Waals surface area (Å²) in [7, 11) is 0. The van der Waals surface area contributed by atoms with Gasteiger partial charge >= 0.3 is 0 Å². The van der Waals surface area contributed by atoms with Gasteiger partial charge in [-0.25, -0.2) is 0 Å². The van der Waals surface area contributed by atoms with Crippen LogP contribution in [0.4, 0.5) is 11.4 Å². The zero-order chi connectivity index (χ0) is 22.5. The Kier molecular flexibility index (Phi) is 6.55. The van der Waals surface area contributed by atoms with Gasteiger partial charge in [0.1, 0.15) is 0 Å². The first-order valence-corrected chi connectivity index (χ1v) is 11.0. The highest BCUT2D eigenvalue weighted by atomic mass is 16.2. The molecule has 1 aliphatic heterocycles. The van der Waals surface area contributed by atoms with Gasteiger partial charge in [0.2, 0.25) is 5.91 Å². The van der Waals surface area contributed by atoms with Crippen LogP contribution in [0.2, 0.25) is 0 Å². The number of aryl methyl sites for hydroxylation is 1. The molecular weight excluding hydrogens is 398 g/mol. The first kappa shape index (κ1) is 21.6. The lowest BCUT2D eigenvalue weighted by Crippen LogP contribution is -2.31. The van der Waals surface area contributed by atoms with Gasteiger partial charge in [-0.2, -0.15) is 0 Å². The molecule has 0 aromatic heterocycles. The van der Waals surface area contributed by atoms with E-state index in [4.69, 9.17) is 0 Å². The Morgan fingerprint density at radius 3 is 2.47 bits per heavy atom. The third-order valence-electron chi connectivity index (χ3n) is 6.11. The molecule has 5 heteroatoms. The quantitative estimate of drug-likeness (QED) is 0.568. The minimum atomic E-state index is -0.132. The smallest absolute Gasteiger partial charge is 0.253 e. The summed E-state index contributed by atoms with van der Waals surface area (Å²) in [6.45, 7) is 5.90. The molecule has 2 N–H and O–H groups in total. The van der Waals surface area contributed by atoms with Crippen molar-refractivity contribution in [3.8, 4) is 0 Å². The lowest BCUT2D eigenvalue weighted by molar-refractivity contribution is -0.128. The Morgan fingerprint density at radius 1 is 0.938 bits per heavy atom. The zero-order valence-electron chi connectivity index (χ0n) is 18.6. The number of likely N-dealkylation sites (tertiary alicyclic amines) is 1.